The highest BCUT2D eigenvalue weighted by Gasteiger charge is 2.52. The number of hydrogen-bond acceptors (Lipinski definition) is 2. The molecule has 2 amide bonds. The molecule has 1 aliphatic heterocycles. The molecule has 3 rings (SSSR count). The van der Waals surface area contributed by atoms with E-state index in [-0.39, 0.29) is 33.3 Å². The third kappa shape index (κ3) is 2.34. The summed E-state index contributed by atoms with van der Waals surface area (Å²) in [5.41, 5.74) is 0.569. The van der Waals surface area contributed by atoms with Crippen LogP contribution in [0.5, 0.6) is 0 Å². The Morgan fingerprint density at radius 3 is 2.10 bits per heavy atom. The number of fused-ring (bicyclic) bond motifs is 1. The molecule has 1 aromatic carbocycles. The first-order valence-corrected chi connectivity index (χ1v) is 8.61. The van der Waals surface area contributed by atoms with Gasteiger partial charge < -0.3 is 0 Å². The SMILES string of the molecule is O=C1[C@@H]2C[C@@H](Br)[C@@H](Br)C[C@H]2C(=O)N1c1cccc(Cl)c1. The molecule has 4 atom stereocenters. The molecule has 0 unspecified atom stereocenters. The molecule has 0 N–H and O–H groups in total. The van der Waals surface area contributed by atoms with Crippen molar-refractivity contribution in [3.8, 4) is 0 Å². The monoisotopic (exact) mass is 419 g/mol. The lowest BCUT2D eigenvalue weighted by Crippen LogP contribution is -2.34. The minimum Gasteiger partial charge on any atom is -0.274 e. The first kappa shape index (κ1) is 14.5. The van der Waals surface area contributed by atoms with Crippen LogP contribution in [-0.4, -0.2) is 21.5 Å². The van der Waals surface area contributed by atoms with Crippen molar-refractivity contribution in [1.29, 1.82) is 0 Å². The second-order valence-corrected chi connectivity index (χ2v) is 8.00. The van der Waals surface area contributed by atoms with Gasteiger partial charge in [0.25, 0.3) is 0 Å². The van der Waals surface area contributed by atoms with Crippen molar-refractivity contribution in [3.05, 3.63) is 29.3 Å². The van der Waals surface area contributed by atoms with Gasteiger partial charge in [0.05, 0.1) is 17.5 Å². The van der Waals surface area contributed by atoms with Crippen LogP contribution in [0, 0.1) is 11.8 Å². The molecule has 0 spiro atoms. The van der Waals surface area contributed by atoms with E-state index in [0.29, 0.717) is 23.6 Å². The van der Waals surface area contributed by atoms with Gasteiger partial charge in [0.15, 0.2) is 0 Å². The third-order valence-electron chi connectivity index (χ3n) is 3.98. The summed E-state index contributed by atoms with van der Waals surface area (Å²) >= 11 is 13.1. The van der Waals surface area contributed by atoms with Gasteiger partial charge in [0, 0.05) is 14.7 Å². The number of amides is 2. The van der Waals surface area contributed by atoms with E-state index in [1.165, 1.54) is 4.90 Å². The molecule has 6 heteroatoms. The number of anilines is 1. The first-order valence-electron chi connectivity index (χ1n) is 6.40. The molecule has 1 saturated heterocycles. The molecule has 3 nitrogen and oxygen atoms in total. The van der Waals surface area contributed by atoms with E-state index in [1.807, 2.05) is 0 Å². The highest BCUT2D eigenvalue weighted by Crippen LogP contribution is 2.44. The van der Waals surface area contributed by atoms with E-state index in [2.05, 4.69) is 31.9 Å². The fraction of sp³-hybridized carbons (Fsp3) is 0.429. The summed E-state index contributed by atoms with van der Waals surface area (Å²) in [6.45, 7) is 0. The zero-order valence-corrected chi connectivity index (χ0v) is 14.4. The quantitative estimate of drug-likeness (QED) is 0.511. The van der Waals surface area contributed by atoms with E-state index in [1.54, 1.807) is 24.3 Å². The summed E-state index contributed by atoms with van der Waals surface area (Å²) in [5.74, 6) is -0.656. The van der Waals surface area contributed by atoms with E-state index in [0.717, 1.165) is 0 Å². The Balaban J connectivity index is 1.95. The maximum Gasteiger partial charge on any atom is 0.237 e. The lowest BCUT2D eigenvalue weighted by atomic mass is 9.81. The lowest BCUT2D eigenvalue weighted by molar-refractivity contribution is -0.122. The van der Waals surface area contributed by atoms with Gasteiger partial charge >= 0.3 is 0 Å². The number of benzene rings is 1. The molecule has 2 aliphatic rings. The van der Waals surface area contributed by atoms with Crippen LogP contribution >= 0.6 is 43.5 Å². The normalized spacial score (nSPS) is 33.5. The van der Waals surface area contributed by atoms with Gasteiger partial charge in [0.1, 0.15) is 0 Å². The van der Waals surface area contributed by atoms with Crippen LogP contribution in [-0.2, 0) is 9.59 Å². The Bertz CT molecular complexity index is 552. The van der Waals surface area contributed by atoms with Crippen molar-refractivity contribution in [2.24, 2.45) is 11.8 Å². The van der Waals surface area contributed by atoms with Crippen LogP contribution in [0.15, 0.2) is 24.3 Å². The number of carbonyl (C=O) groups excluding carboxylic acids is 2. The average molecular weight is 422 g/mol. The van der Waals surface area contributed by atoms with Gasteiger partial charge in [-0.25, -0.2) is 0 Å². The molecule has 0 bridgehead atoms. The topological polar surface area (TPSA) is 37.4 Å². The van der Waals surface area contributed by atoms with Crippen LogP contribution in [0.4, 0.5) is 5.69 Å². The smallest absolute Gasteiger partial charge is 0.237 e. The molecule has 2 fully saturated rings. The summed E-state index contributed by atoms with van der Waals surface area (Å²) in [6.07, 6.45) is 1.37. The maximum atomic E-state index is 12.5. The van der Waals surface area contributed by atoms with E-state index in [4.69, 9.17) is 11.6 Å². The van der Waals surface area contributed by atoms with Gasteiger partial charge in [0.2, 0.25) is 11.8 Å². The Morgan fingerprint density at radius 2 is 1.60 bits per heavy atom. The molecule has 20 heavy (non-hydrogen) atoms. The van der Waals surface area contributed by atoms with Crippen LogP contribution in [0.25, 0.3) is 0 Å². The number of nitrogens with zero attached hydrogens (tertiary/aromatic N) is 1. The van der Waals surface area contributed by atoms with Gasteiger partial charge in [-0.15, -0.1) is 0 Å². The van der Waals surface area contributed by atoms with E-state index in [9.17, 15) is 9.59 Å². The van der Waals surface area contributed by atoms with Crippen molar-refractivity contribution >= 4 is 61.0 Å². The average Bonchev–Trinajstić information content (AvgIpc) is 2.63. The first-order chi connectivity index (χ1) is 9.49. The third-order valence-corrected chi connectivity index (χ3v) is 6.95. The zero-order chi connectivity index (χ0) is 14.4. The molecule has 0 aromatic heterocycles. The predicted molar refractivity (Wildman–Crippen MR) is 85.6 cm³/mol. The highest BCUT2D eigenvalue weighted by molar-refractivity contribution is 9.12. The van der Waals surface area contributed by atoms with Gasteiger partial charge in [-0.3, -0.25) is 14.5 Å². The molecule has 1 saturated carbocycles. The molecular formula is C14H12Br2ClNO2. The predicted octanol–water partition coefficient (Wildman–Crippen LogP) is 3.77. The number of imide groups is 1. The maximum absolute atomic E-state index is 12.5. The van der Waals surface area contributed by atoms with Crippen LogP contribution in [0.3, 0.4) is 0 Å². The Morgan fingerprint density at radius 1 is 1.05 bits per heavy atom. The second-order valence-electron chi connectivity index (χ2n) is 5.21. The van der Waals surface area contributed by atoms with Crippen molar-refractivity contribution in [2.45, 2.75) is 22.5 Å². The second kappa shape index (κ2) is 5.43. The Kier molecular flexibility index (Phi) is 3.95. The van der Waals surface area contributed by atoms with Gasteiger partial charge in [-0.2, -0.15) is 0 Å². The molecule has 106 valence electrons. The highest BCUT2D eigenvalue weighted by atomic mass is 79.9. The number of halogens is 3. The lowest BCUT2D eigenvalue weighted by Gasteiger charge is -2.29. The van der Waals surface area contributed by atoms with Crippen molar-refractivity contribution in [1.82, 2.24) is 0 Å². The van der Waals surface area contributed by atoms with Crippen LogP contribution < -0.4 is 4.90 Å². The molecule has 1 aliphatic carbocycles. The molecular weight excluding hydrogens is 409 g/mol. The fourth-order valence-corrected chi connectivity index (χ4v) is 4.39. The Hall–Kier alpha value is -0.390. The summed E-state index contributed by atoms with van der Waals surface area (Å²) in [7, 11) is 0. The van der Waals surface area contributed by atoms with Crippen molar-refractivity contribution < 1.29 is 9.59 Å². The molecule has 1 heterocycles. The standard InChI is InChI=1S/C14H12Br2ClNO2/c15-11-5-9-10(6-12(11)16)14(20)18(13(9)19)8-3-1-2-7(17)4-8/h1-4,9-12H,5-6H2/t9-,10-,11-,12+/m1/s1. The fourth-order valence-electron chi connectivity index (χ4n) is 2.96. The summed E-state index contributed by atoms with van der Waals surface area (Å²) < 4.78 is 0. The summed E-state index contributed by atoms with van der Waals surface area (Å²) in [6, 6.07) is 6.88. The minimum atomic E-state index is -0.223. The van der Waals surface area contributed by atoms with Crippen molar-refractivity contribution in [3.63, 3.8) is 0 Å². The molecule has 1 aromatic rings. The van der Waals surface area contributed by atoms with Crippen molar-refractivity contribution in [2.75, 3.05) is 4.90 Å². The number of alkyl halides is 2. The van der Waals surface area contributed by atoms with Crippen LogP contribution in [0.1, 0.15) is 12.8 Å². The van der Waals surface area contributed by atoms with E-state index < -0.39 is 0 Å². The van der Waals surface area contributed by atoms with Gasteiger partial charge in [-0.05, 0) is 31.0 Å². The summed E-state index contributed by atoms with van der Waals surface area (Å²) in [4.78, 5) is 26.8. The minimum absolute atomic E-state index is 0.105. The summed E-state index contributed by atoms with van der Waals surface area (Å²) in [5, 5.41) is 0.523. The largest absolute Gasteiger partial charge is 0.274 e. The zero-order valence-electron chi connectivity index (χ0n) is 10.4. The van der Waals surface area contributed by atoms with Crippen LogP contribution in [0.2, 0.25) is 5.02 Å². The number of hydrogen-bond donors (Lipinski definition) is 0. The molecule has 0 radical (unpaired) electrons. The number of rotatable bonds is 1. The Labute approximate surface area is 138 Å². The van der Waals surface area contributed by atoms with Gasteiger partial charge in [-0.1, -0.05) is 49.5 Å². The van der Waals surface area contributed by atoms with E-state index >= 15 is 0 Å². The number of carbonyl (C=O) groups is 2.